The maximum atomic E-state index is 12.2. The van der Waals surface area contributed by atoms with Crippen molar-refractivity contribution in [3.63, 3.8) is 0 Å². The largest absolute Gasteiger partial charge is 0.369 e. The van der Waals surface area contributed by atoms with Crippen LogP contribution in [0.4, 0.5) is 5.69 Å². The number of nitrogens with zero attached hydrogens (tertiary/aromatic N) is 4. The molecule has 1 aliphatic heterocycles. The van der Waals surface area contributed by atoms with Crippen molar-refractivity contribution >= 4 is 28.6 Å². The zero-order valence-corrected chi connectivity index (χ0v) is 24.6. The lowest BCUT2D eigenvalue weighted by molar-refractivity contribution is -0.112. The second-order valence-electron chi connectivity index (χ2n) is 10.4. The van der Waals surface area contributed by atoms with Crippen LogP contribution in [0.3, 0.4) is 0 Å². The van der Waals surface area contributed by atoms with Crippen molar-refractivity contribution in [2.24, 2.45) is 21.8 Å². The normalized spacial score (nSPS) is 18.5. The third-order valence-electron chi connectivity index (χ3n) is 7.42. The third-order valence-corrected chi connectivity index (χ3v) is 7.42. The van der Waals surface area contributed by atoms with Crippen LogP contribution in [0.2, 0.25) is 0 Å². The SMILES string of the molecule is C\C=C(/C=C\C(=N\C(=C/C(C)=O)c1ccc(C)c(N=C(C)C(C)CC)c1)C(C)CC)N1CCN(C)CC1. The first-order valence-electron chi connectivity index (χ1n) is 13.8. The van der Waals surface area contributed by atoms with E-state index in [9.17, 15) is 4.79 Å². The number of likely N-dealkylation sites (N-methyl/N-ethyl adjacent to an activating group) is 1. The van der Waals surface area contributed by atoms with Crippen LogP contribution in [0.5, 0.6) is 0 Å². The van der Waals surface area contributed by atoms with Crippen LogP contribution in [0, 0.1) is 18.8 Å². The molecule has 1 heterocycles. The highest BCUT2D eigenvalue weighted by Crippen LogP contribution is 2.27. The lowest BCUT2D eigenvalue weighted by Gasteiger charge is -2.34. The first kappa shape index (κ1) is 30.4. The number of hydrogen-bond acceptors (Lipinski definition) is 5. The highest BCUT2D eigenvalue weighted by Gasteiger charge is 2.15. The molecule has 1 aromatic rings. The lowest BCUT2D eigenvalue weighted by atomic mass is 10.0. The van der Waals surface area contributed by atoms with E-state index in [4.69, 9.17) is 9.98 Å². The third kappa shape index (κ3) is 9.23. The number of ketones is 1. The van der Waals surface area contributed by atoms with Gasteiger partial charge in [-0.05, 0) is 83.2 Å². The first-order valence-corrected chi connectivity index (χ1v) is 13.8. The number of hydrogen-bond donors (Lipinski definition) is 0. The van der Waals surface area contributed by atoms with Gasteiger partial charge in [-0.2, -0.15) is 0 Å². The molecular weight excluding hydrogens is 456 g/mol. The summed E-state index contributed by atoms with van der Waals surface area (Å²) in [5.74, 6) is 0.670. The minimum absolute atomic E-state index is 0.0146. The maximum Gasteiger partial charge on any atom is 0.154 e. The molecule has 0 bridgehead atoms. The second-order valence-corrected chi connectivity index (χ2v) is 10.4. The molecule has 1 aliphatic rings. The van der Waals surface area contributed by atoms with Gasteiger partial charge in [0.2, 0.25) is 0 Å². The minimum Gasteiger partial charge on any atom is -0.369 e. The summed E-state index contributed by atoms with van der Waals surface area (Å²) in [6, 6.07) is 6.19. The summed E-state index contributed by atoms with van der Waals surface area (Å²) in [5.41, 5.74) is 6.96. The van der Waals surface area contributed by atoms with Crippen molar-refractivity contribution in [3.05, 3.63) is 59.3 Å². The number of allylic oxidation sites excluding steroid dienone is 4. The van der Waals surface area contributed by atoms with Gasteiger partial charge in [-0.25, -0.2) is 0 Å². The van der Waals surface area contributed by atoms with Crippen molar-refractivity contribution in [1.29, 1.82) is 0 Å². The Bertz CT molecular complexity index is 1070. The molecule has 2 atom stereocenters. The smallest absolute Gasteiger partial charge is 0.154 e. The zero-order valence-electron chi connectivity index (χ0n) is 24.6. The molecule has 202 valence electrons. The summed E-state index contributed by atoms with van der Waals surface area (Å²) < 4.78 is 0. The zero-order chi connectivity index (χ0) is 27.5. The number of benzene rings is 1. The summed E-state index contributed by atoms with van der Waals surface area (Å²) in [7, 11) is 2.17. The molecule has 0 radical (unpaired) electrons. The van der Waals surface area contributed by atoms with Gasteiger partial charge in [-0.15, -0.1) is 0 Å². The predicted octanol–water partition coefficient (Wildman–Crippen LogP) is 7.26. The van der Waals surface area contributed by atoms with Gasteiger partial charge < -0.3 is 9.80 Å². The Hall–Kier alpha value is -2.79. The predicted molar refractivity (Wildman–Crippen MR) is 161 cm³/mol. The first-order chi connectivity index (χ1) is 17.6. The Kier molecular flexibility index (Phi) is 12.2. The van der Waals surface area contributed by atoms with E-state index < -0.39 is 0 Å². The number of carbonyl (C=O) groups is 1. The highest BCUT2D eigenvalue weighted by molar-refractivity contribution is 6.03. The molecule has 37 heavy (non-hydrogen) atoms. The molecule has 2 unspecified atom stereocenters. The van der Waals surface area contributed by atoms with Crippen molar-refractivity contribution in [2.45, 2.75) is 68.2 Å². The molecule has 0 spiro atoms. The van der Waals surface area contributed by atoms with Crippen molar-refractivity contribution in [1.82, 2.24) is 9.80 Å². The van der Waals surface area contributed by atoms with E-state index in [2.05, 4.69) is 95.7 Å². The molecule has 0 aromatic heterocycles. The van der Waals surface area contributed by atoms with Crippen molar-refractivity contribution < 1.29 is 4.79 Å². The fourth-order valence-corrected chi connectivity index (χ4v) is 4.14. The monoisotopic (exact) mass is 504 g/mol. The maximum absolute atomic E-state index is 12.2. The Morgan fingerprint density at radius 2 is 1.68 bits per heavy atom. The van der Waals surface area contributed by atoms with E-state index >= 15 is 0 Å². The van der Waals surface area contributed by atoms with Gasteiger partial charge in [-0.1, -0.05) is 45.9 Å². The minimum atomic E-state index is -0.0146. The molecule has 5 heteroatoms. The average molecular weight is 505 g/mol. The molecule has 1 aromatic carbocycles. The average Bonchev–Trinajstić information content (AvgIpc) is 2.88. The van der Waals surface area contributed by atoms with Crippen LogP contribution in [-0.4, -0.2) is 60.2 Å². The van der Waals surface area contributed by atoms with E-state index in [1.165, 1.54) is 5.70 Å². The van der Waals surface area contributed by atoms with Gasteiger partial charge in [0.05, 0.1) is 11.4 Å². The van der Waals surface area contributed by atoms with Crippen molar-refractivity contribution in [2.75, 3.05) is 33.2 Å². The second kappa shape index (κ2) is 14.8. The topological polar surface area (TPSA) is 48.3 Å². The molecule has 0 N–H and O–H groups in total. The van der Waals surface area contributed by atoms with Crippen LogP contribution >= 0.6 is 0 Å². The van der Waals surface area contributed by atoms with Crippen molar-refractivity contribution in [3.8, 4) is 0 Å². The number of aliphatic imine (C=N–C) groups is 2. The number of aryl methyl sites for hydroxylation is 1. The fraction of sp³-hybridized carbons (Fsp3) is 0.531. The van der Waals surface area contributed by atoms with Crippen LogP contribution in [0.15, 0.2) is 58.2 Å². The van der Waals surface area contributed by atoms with Gasteiger partial charge in [-0.3, -0.25) is 14.8 Å². The van der Waals surface area contributed by atoms with Crippen LogP contribution < -0.4 is 0 Å². The Balaban J connectivity index is 2.50. The summed E-state index contributed by atoms with van der Waals surface area (Å²) >= 11 is 0. The number of rotatable bonds is 11. The highest BCUT2D eigenvalue weighted by atomic mass is 16.1. The molecule has 0 saturated carbocycles. The lowest BCUT2D eigenvalue weighted by Crippen LogP contribution is -2.43. The standard InChI is InChI=1S/C32H48N4O/c1-10-23(4)27(8)33-31-22-28(14-13-25(31)6)32(21-26(7)37)34-30(24(5)11-2)16-15-29(12-3)36-19-17-35(9)18-20-36/h12-16,21-24H,10-11,17-20H2,1-9H3/b16-15-,29-12+,32-21-,33-27?,34-30-. The van der Waals surface area contributed by atoms with Gasteiger partial charge in [0, 0.05) is 54.9 Å². The Morgan fingerprint density at radius 1 is 1.03 bits per heavy atom. The summed E-state index contributed by atoms with van der Waals surface area (Å²) in [4.78, 5) is 27.1. The van der Waals surface area contributed by atoms with Crippen LogP contribution in [0.25, 0.3) is 5.70 Å². The summed E-state index contributed by atoms with van der Waals surface area (Å²) in [6.07, 6.45) is 10.2. The quantitative estimate of drug-likeness (QED) is 0.181. The number of piperazine rings is 1. The van der Waals surface area contributed by atoms with Crippen LogP contribution in [0.1, 0.15) is 72.4 Å². The van der Waals surface area contributed by atoms with E-state index in [-0.39, 0.29) is 11.7 Å². The van der Waals surface area contributed by atoms with Gasteiger partial charge in [0.25, 0.3) is 0 Å². The van der Waals surface area contributed by atoms with E-state index in [1.54, 1.807) is 13.0 Å². The molecule has 5 nitrogen and oxygen atoms in total. The van der Waals surface area contributed by atoms with E-state index in [0.29, 0.717) is 11.6 Å². The van der Waals surface area contributed by atoms with Gasteiger partial charge in [0.15, 0.2) is 5.78 Å². The van der Waals surface area contributed by atoms with Gasteiger partial charge in [0.1, 0.15) is 0 Å². The van der Waals surface area contributed by atoms with Gasteiger partial charge >= 0.3 is 0 Å². The molecule has 0 aliphatic carbocycles. The van der Waals surface area contributed by atoms with Crippen LogP contribution in [-0.2, 0) is 4.79 Å². The molecular formula is C32H48N4O. The fourth-order valence-electron chi connectivity index (χ4n) is 4.14. The molecule has 1 saturated heterocycles. The molecule has 2 rings (SSSR count). The molecule has 0 amide bonds. The molecule has 1 fully saturated rings. The summed E-state index contributed by atoms with van der Waals surface area (Å²) in [5, 5.41) is 0. The Morgan fingerprint density at radius 3 is 2.24 bits per heavy atom. The van der Waals surface area contributed by atoms with E-state index in [0.717, 1.165) is 67.3 Å². The number of carbonyl (C=O) groups excluding carboxylic acids is 1. The summed E-state index contributed by atoms with van der Waals surface area (Å²) in [6.45, 7) is 20.8. The Labute approximate surface area is 225 Å². The van der Waals surface area contributed by atoms with E-state index in [1.807, 2.05) is 6.07 Å².